The first-order valence-electron chi connectivity index (χ1n) is 11.3. The highest BCUT2D eigenvalue weighted by atomic mass is 35.5. The summed E-state index contributed by atoms with van der Waals surface area (Å²) in [5, 5.41) is 0.836. The van der Waals surface area contributed by atoms with Crippen molar-refractivity contribution >= 4 is 17.4 Å². The quantitative estimate of drug-likeness (QED) is 0.419. The first-order chi connectivity index (χ1) is 15.4. The Balaban J connectivity index is 1.61. The van der Waals surface area contributed by atoms with Gasteiger partial charge in [-0.2, -0.15) is 0 Å². The fraction of sp³-hybridized carbons (Fsp3) is 0.321. The predicted octanol–water partition coefficient (Wildman–Crippen LogP) is 6.23. The van der Waals surface area contributed by atoms with Crippen LogP contribution in [0.4, 0.5) is 0 Å². The zero-order valence-corrected chi connectivity index (χ0v) is 19.8. The molecule has 3 aromatic carbocycles. The topological polar surface area (TPSA) is 23.6 Å². The zero-order chi connectivity index (χ0) is 22.7. The van der Waals surface area contributed by atoms with Gasteiger partial charge in [-0.15, -0.1) is 0 Å². The number of carbonyl (C=O) groups is 1. The van der Waals surface area contributed by atoms with E-state index in [1.807, 2.05) is 24.3 Å². The molecule has 0 bridgehead atoms. The van der Waals surface area contributed by atoms with Crippen molar-refractivity contribution in [3.8, 4) is 0 Å². The molecule has 0 aliphatic carbocycles. The van der Waals surface area contributed by atoms with E-state index in [2.05, 4.69) is 78.2 Å². The molecule has 32 heavy (non-hydrogen) atoms. The van der Waals surface area contributed by atoms with E-state index in [4.69, 9.17) is 11.6 Å². The first kappa shape index (κ1) is 22.7. The lowest BCUT2D eigenvalue weighted by Crippen LogP contribution is -2.56. The van der Waals surface area contributed by atoms with Gasteiger partial charge in [-0.1, -0.05) is 84.4 Å². The summed E-state index contributed by atoms with van der Waals surface area (Å²) in [4.78, 5) is 16.9. The maximum absolute atomic E-state index is 11.8. The summed E-state index contributed by atoms with van der Waals surface area (Å²) < 4.78 is 0. The van der Waals surface area contributed by atoms with Gasteiger partial charge < -0.3 is 0 Å². The number of rotatable bonds is 6. The van der Waals surface area contributed by atoms with E-state index in [0.717, 1.165) is 30.2 Å². The van der Waals surface area contributed by atoms with Crippen LogP contribution in [0.2, 0.25) is 5.02 Å². The number of hydrogen-bond donors (Lipinski definition) is 0. The van der Waals surface area contributed by atoms with Gasteiger partial charge in [0.05, 0.1) is 6.04 Å². The third-order valence-corrected chi connectivity index (χ3v) is 6.94. The molecule has 0 spiro atoms. The van der Waals surface area contributed by atoms with Crippen LogP contribution in [0.3, 0.4) is 0 Å². The number of benzene rings is 3. The smallest absolute Gasteiger partial charge is 0.159 e. The Labute approximate surface area is 196 Å². The Kier molecular flexibility index (Phi) is 7.10. The fourth-order valence-electron chi connectivity index (χ4n) is 4.76. The van der Waals surface area contributed by atoms with Crippen LogP contribution in [0.15, 0.2) is 78.9 Å². The number of nitrogens with zero attached hydrogens (tertiary/aromatic N) is 2. The van der Waals surface area contributed by atoms with E-state index in [0.29, 0.717) is 12.1 Å². The lowest BCUT2D eigenvalue weighted by atomic mass is 9.92. The van der Waals surface area contributed by atoms with Gasteiger partial charge in [0.15, 0.2) is 5.78 Å². The molecule has 4 heteroatoms. The highest BCUT2D eigenvalue weighted by Crippen LogP contribution is 2.34. The molecule has 1 fully saturated rings. The third kappa shape index (κ3) is 4.96. The highest BCUT2D eigenvalue weighted by molar-refractivity contribution is 6.31. The zero-order valence-electron chi connectivity index (χ0n) is 19.0. The Hall–Kier alpha value is -2.46. The van der Waals surface area contributed by atoms with Gasteiger partial charge in [-0.25, -0.2) is 0 Å². The van der Waals surface area contributed by atoms with Crippen LogP contribution in [0, 0.1) is 0 Å². The van der Waals surface area contributed by atoms with Crippen molar-refractivity contribution in [2.24, 2.45) is 0 Å². The lowest BCUT2D eigenvalue weighted by molar-refractivity contribution is 0.0195. The minimum Gasteiger partial charge on any atom is -0.295 e. The van der Waals surface area contributed by atoms with E-state index in [9.17, 15) is 4.79 Å². The van der Waals surface area contributed by atoms with Crippen LogP contribution in [-0.4, -0.2) is 40.8 Å². The Morgan fingerprint density at radius 3 is 2.16 bits per heavy atom. The molecular formula is C28H31ClN2O. The summed E-state index contributed by atoms with van der Waals surface area (Å²) in [5.41, 5.74) is 4.44. The average Bonchev–Trinajstić information content (AvgIpc) is 2.79. The minimum atomic E-state index is 0.1000. The number of ketones is 1. The molecule has 1 aliphatic rings. The SMILES string of the molecule is CC(=O)c1ccc(C(c2ccccc2)N2CC(C)N(Cc3ccccc3Cl)CC2C)cc1. The van der Waals surface area contributed by atoms with Gasteiger partial charge in [0.2, 0.25) is 0 Å². The van der Waals surface area contributed by atoms with E-state index >= 15 is 0 Å². The van der Waals surface area contributed by atoms with Crippen molar-refractivity contribution in [1.29, 1.82) is 0 Å². The number of halogens is 1. The van der Waals surface area contributed by atoms with E-state index in [1.54, 1.807) is 6.92 Å². The standard InChI is InChI=1S/C28H31ClN2O/c1-20-18-31(21(2)17-30(20)19-26-11-7-8-12-27(26)29)28(24-9-5-4-6-10-24)25-15-13-23(14-16-25)22(3)32/h4-16,20-21,28H,17-19H2,1-3H3. The van der Waals surface area contributed by atoms with Gasteiger partial charge in [0.25, 0.3) is 0 Å². The predicted molar refractivity (Wildman–Crippen MR) is 132 cm³/mol. The molecular weight excluding hydrogens is 416 g/mol. The largest absolute Gasteiger partial charge is 0.295 e. The van der Waals surface area contributed by atoms with Crippen LogP contribution in [0.25, 0.3) is 0 Å². The second kappa shape index (κ2) is 9.99. The van der Waals surface area contributed by atoms with E-state index in [1.165, 1.54) is 16.7 Å². The molecule has 3 atom stereocenters. The van der Waals surface area contributed by atoms with Crippen LogP contribution < -0.4 is 0 Å². The van der Waals surface area contributed by atoms with Crippen molar-refractivity contribution < 1.29 is 4.79 Å². The first-order valence-corrected chi connectivity index (χ1v) is 11.7. The minimum absolute atomic E-state index is 0.1000. The molecule has 3 unspecified atom stereocenters. The highest BCUT2D eigenvalue weighted by Gasteiger charge is 2.34. The number of hydrogen-bond acceptors (Lipinski definition) is 3. The molecule has 0 radical (unpaired) electrons. The van der Waals surface area contributed by atoms with Crippen molar-refractivity contribution in [2.45, 2.75) is 45.4 Å². The maximum atomic E-state index is 11.8. The fourth-order valence-corrected chi connectivity index (χ4v) is 4.96. The van der Waals surface area contributed by atoms with Crippen LogP contribution in [0.5, 0.6) is 0 Å². The molecule has 3 aromatic rings. The molecule has 166 valence electrons. The third-order valence-electron chi connectivity index (χ3n) is 6.57. The summed E-state index contributed by atoms with van der Waals surface area (Å²) in [6, 6.07) is 27.9. The molecule has 1 aliphatic heterocycles. The van der Waals surface area contributed by atoms with Gasteiger partial charge in [-0.3, -0.25) is 14.6 Å². The summed E-state index contributed by atoms with van der Waals surface area (Å²) >= 11 is 6.44. The van der Waals surface area contributed by atoms with Crippen molar-refractivity contribution in [1.82, 2.24) is 9.80 Å². The maximum Gasteiger partial charge on any atom is 0.159 e. The van der Waals surface area contributed by atoms with Crippen molar-refractivity contribution in [3.05, 3.63) is 106 Å². The molecule has 1 heterocycles. The van der Waals surface area contributed by atoms with E-state index < -0.39 is 0 Å². The molecule has 3 nitrogen and oxygen atoms in total. The Bertz CT molecular complexity index is 1050. The van der Waals surface area contributed by atoms with Crippen LogP contribution in [0.1, 0.15) is 53.9 Å². The second-order valence-electron chi connectivity index (χ2n) is 8.91. The van der Waals surface area contributed by atoms with Crippen molar-refractivity contribution in [3.63, 3.8) is 0 Å². The Morgan fingerprint density at radius 1 is 0.875 bits per heavy atom. The van der Waals surface area contributed by atoms with Gasteiger partial charge in [0, 0.05) is 42.3 Å². The van der Waals surface area contributed by atoms with Gasteiger partial charge >= 0.3 is 0 Å². The molecule has 4 rings (SSSR count). The monoisotopic (exact) mass is 446 g/mol. The number of Topliss-reactive ketones (excluding diaryl/α,β-unsaturated/α-hetero) is 1. The summed E-state index contributed by atoms with van der Waals surface area (Å²) in [6.07, 6.45) is 0. The lowest BCUT2D eigenvalue weighted by Gasteiger charge is -2.47. The van der Waals surface area contributed by atoms with Crippen molar-refractivity contribution in [2.75, 3.05) is 13.1 Å². The normalized spacial score (nSPS) is 20.8. The Morgan fingerprint density at radius 2 is 1.50 bits per heavy atom. The van der Waals surface area contributed by atoms with Gasteiger partial charge in [-0.05, 0) is 43.5 Å². The molecule has 1 saturated heterocycles. The number of carbonyl (C=O) groups excluding carboxylic acids is 1. The summed E-state index contributed by atoms with van der Waals surface area (Å²) in [7, 11) is 0. The number of piperazine rings is 1. The summed E-state index contributed by atoms with van der Waals surface area (Å²) in [6.45, 7) is 9.02. The molecule has 0 N–H and O–H groups in total. The van der Waals surface area contributed by atoms with Crippen LogP contribution >= 0.6 is 11.6 Å². The second-order valence-corrected chi connectivity index (χ2v) is 9.31. The molecule has 0 amide bonds. The summed E-state index contributed by atoms with van der Waals surface area (Å²) in [5.74, 6) is 0.1000. The average molecular weight is 447 g/mol. The molecule has 0 aromatic heterocycles. The van der Waals surface area contributed by atoms with E-state index in [-0.39, 0.29) is 11.8 Å². The van der Waals surface area contributed by atoms with Gasteiger partial charge in [0.1, 0.15) is 0 Å². The molecule has 0 saturated carbocycles. The van der Waals surface area contributed by atoms with Crippen LogP contribution in [-0.2, 0) is 6.54 Å².